The zero-order chi connectivity index (χ0) is 15.8. The Morgan fingerprint density at radius 3 is 2.14 bits per heavy atom. The third kappa shape index (κ3) is 15.6. The fraction of sp³-hybridized carbons (Fsp3) is 0.938. The van der Waals surface area contributed by atoms with Crippen LogP contribution in [0.2, 0.25) is 0 Å². The number of aliphatic carboxylic acids is 1. The number of carbonyl (C=O) groups is 1. The molecule has 0 spiro atoms. The quantitative estimate of drug-likeness (QED) is 0.338. The van der Waals surface area contributed by atoms with Gasteiger partial charge in [-0.05, 0) is 12.8 Å². The third-order valence-corrected chi connectivity index (χ3v) is 3.33. The lowest BCUT2D eigenvalue weighted by Gasteiger charge is -2.17. The van der Waals surface area contributed by atoms with Crippen LogP contribution in [0.25, 0.3) is 0 Å². The number of unbranched alkanes of at least 4 members (excludes halogenated alkanes) is 7. The van der Waals surface area contributed by atoms with Crippen molar-refractivity contribution in [2.75, 3.05) is 19.8 Å². The summed E-state index contributed by atoms with van der Waals surface area (Å²) in [6, 6.07) is 0. The topological polar surface area (TPSA) is 81.8 Å². The molecule has 126 valence electrons. The van der Waals surface area contributed by atoms with Crippen molar-refractivity contribution in [1.29, 1.82) is 0 Å². The molecule has 0 aliphatic heterocycles. The molecule has 0 aromatic rings. The van der Waals surface area contributed by atoms with Gasteiger partial charge in [-0.1, -0.05) is 51.9 Å². The van der Waals surface area contributed by atoms with E-state index in [1.165, 1.54) is 44.9 Å². The van der Waals surface area contributed by atoms with Crippen molar-refractivity contribution in [3.05, 3.63) is 0 Å². The monoisotopic (exact) mass is 303 g/mol. The highest BCUT2D eigenvalue weighted by Crippen LogP contribution is 2.12. The van der Waals surface area contributed by atoms with E-state index in [-0.39, 0.29) is 19.3 Å². The fourth-order valence-electron chi connectivity index (χ4n) is 2.14. The van der Waals surface area contributed by atoms with Crippen LogP contribution in [0, 0.1) is 0 Å². The van der Waals surface area contributed by atoms with Gasteiger partial charge in [0.15, 0.2) is 6.29 Å². The van der Waals surface area contributed by atoms with Gasteiger partial charge in [-0.25, -0.2) is 0 Å². The van der Waals surface area contributed by atoms with E-state index in [1.807, 2.05) is 0 Å². The normalized spacial score (nSPS) is 12.5. The van der Waals surface area contributed by atoms with E-state index in [1.54, 1.807) is 0 Å². The molecule has 0 aliphatic carbocycles. The van der Waals surface area contributed by atoms with Crippen molar-refractivity contribution in [2.24, 2.45) is 5.73 Å². The standard InChI is InChI=1S/C16H33NO4/c1-2-3-4-5-6-7-8-9-10-16(21-14-12-17)20-13-11-15(18)19/h16H,2-14,17H2,1H3,(H,18,19). The molecule has 5 heteroatoms. The Labute approximate surface area is 129 Å². The van der Waals surface area contributed by atoms with Gasteiger partial charge in [0.05, 0.1) is 19.6 Å². The van der Waals surface area contributed by atoms with Crippen molar-refractivity contribution in [1.82, 2.24) is 0 Å². The molecule has 21 heavy (non-hydrogen) atoms. The van der Waals surface area contributed by atoms with E-state index in [0.717, 1.165) is 12.8 Å². The highest BCUT2D eigenvalue weighted by molar-refractivity contribution is 5.66. The first-order chi connectivity index (χ1) is 10.2. The van der Waals surface area contributed by atoms with Crippen LogP contribution < -0.4 is 5.73 Å². The third-order valence-electron chi connectivity index (χ3n) is 3.33. The van der Waals surface area contributed by atoms with Crippen LogP contribution in [0.15, 0.2) is 0 Å². The van der Waals surface area contributed by atoms with Gasteiger partial charge in [0, 0.05) is 6.54 Å². The minimum atomic E-state index is -0.848. The number of hydrogen-bond donors (Lipinski definition) is 2. The van der Waals surface area contributed by atoms with Crippen LogP contribution >= 0.6 is 0 Å². The van der Waals surface area contributed by atoms with E-state index >= 15 is 0 Å². The molecule has 0 aromatic heterocycles. The number of carboxylic acid groups (broad SMARTS) is 1. The molecule has 0 bridgehead atoms. The van der Waals surface area contributed by atoms with E-state index in [0.29, 0.717) is 13.2 Å². The molecule has 0 rings (SSSR count). The summed E-state index contributed by atoms with van der Waals surface area (Å²) in [5.41, 5.74) is 5.41. The molecule has 0 amide bonds. The molecule has 0 fully saturated rings. The van der Waals surface area contributed by atoms with Gasteiger partial charge in [-0.2, -0.15) is 0 Å². The van der Waals surface area contributed by atoms with Crippen LogP contribution in [0.4, 0.5) is 0 Å². The van der Waals surface area contributed by atoms with Gasteiger partial charge in [-0.15, -0.1) is 0 Å². The van der Waals surface area contributed by atoms with Crippen LogP contribution in [0.5, 0.6) is 0 Å². The molecule has 1 unspecified atom stereocenters. The zero-order valence-corrected chi connectivity index (χ0v) is 13.5. The smallest absolute Gasteiger partial charge is 0.305 e. The molecule has 0 radical (unpaired) electrons. The second-order valence-electron chi connectivity index (χ2n) is 5.37. The highest BCUT2D eigenvalue weighted by Gasteiger charge is 2.10. The van der Waals surface area contributed by atoms with Crippen molar-refractivity contribution in [2.45, 2.75) is 77.4 Å². The maximum atomic E-state index is 10.5. The Hall–Kier alpha value is -0.650. The largest absolute Gasteiger partial charge is 0.481 e. The predicted molar refractivity (Wildman–Crippen MR) is 84.2 cm³/mol. The molecule has 0 aromatic carbocycles. The van der Waals surface area contributed by atoms with Gasteiger partial charge < -0.3 is 20.3 Å². The first kappa shape index (κ1) is 20.3. The van der Waals surface area contributed by atoms with Crippen LogP contribution in [0.1, 0.15) is 71.1 Å². The Kier molecular flexibility index (Phi) is 15.2. The lowest BCUT2D eigenvalue weighted by molar-refractivity contribution is -0.155. The van der Waals surface area contributed by atoms with Crippen molar-refractivity contribution in [3.8, 4) is 0 Å². The molecule has 0 saturated carbocycles. The lowest BCUT2D eigenvalue weighted by atomic mass is 10.1. The van der Waals surface area contributed by atoms with Gasteiger partial charge in [0.1, 0.15) is 0 Å². The van der Waals surface area contributed by atoms with Gasteiger partial charge >= 0.3 is 5.97 Å². The van der Waals surface area contributed by atoms with Gasteiger partial charge in [0.2, 0.25) is 0 Å². The summed E-state index contributed by atoms with van der Waals surface area (Å²) in [7, 11) is 0. The summed E-state index contributed by atoms with van der Waals surface area (Å²) in [5.74, 6) is -0.848. The molecule has 0 saturated heterocycles. The molecule has 0 aliphatic rings. The Balaban J connectivity index is 3.57. The average Bonchev–Trinajstić information content (AvgIpc) is 2.46. The molecule has 5 nitrogen and oxygen atoms in total. The summed E-state index contributed by atoms with van der Waals surface area (Å²) in [6.07, 6.45) is 10.6. The summed E-state index contributed by atoms with van der Waals surface area (Å²) < 4.78 is 10.9. The SMILES string of the molecule is CCCCCCCCCCC(OCCN)OCCC(=O)O. The first-order valence-corrected chi connectivity index (χ1v) is 8.35. The van der Waals surface area contributed by atoms with E-state index < -0.39 is 5.97 Å². The number of rotatable bonds is 16. The Morgan fingerprint density at radius 1 is 1.00 bits per heavy atom. The maximum Gasteiger partial charge on any atom is 0.305 e. The number of carboxylic acids is 1. The van der Waals surface area contributed by atoms with Gasteiger partial charge in [-0.3, -0.25) is 4.79 Å². The number of hydrogen-bond acceptors (Lipinski definition) is 4. The minimum absolute atomic E-state index is 0.0138. The second kappa shape index (κ2) is 15.7. The number of nitrogens with two attached hydrogens (primary N) is 1. The van der Waals surface area contributed by atoms with E-state index in [4.69, 9.17) is 20.3 Å². The van der Waals surface area contributed by atoms with E-state index in [9.17, 15) is 4.79 Å². The van der Waals surface area contributed by atoms with Crippen molar-refractivity contribution < 1.29 is 19.4 Å². The molecular formula is C16H33NO4. The molecule has 3 N–H and O–H groups in total. The number of ether oxygens (including phenoxy) is 2. The second-order valence-corrected chi connectivity index (χ2v) is 5.37. The fourth-order valence-corrected chi connectivity index (χ4v) is 2.14. The average molecular weight is 303 g/mol. The maximum absolute atomic E-state index is 10.5. The van der Waals surface area contributed by atoms with Crippen molar-refractivity contribution >= 4 is 5.97 Å². The summed E-state index contributed by atoms with van der Waals surface area (Å²) >= 11 is 0. The summed E-state index contributed by atoms with van der Waals surface area (Å²) in [5, 5.41) is 8.60. The summed E-state index contributed by atoms with van der Waals surface area (Å²) in [6.45, 7) is 3.33. The summed E-state index contributed by atoms with van der Waals surface area (Å²) in [4.78, 5) is 10.5. The van der Waals surface area contributed by atoms with E-state index in [2.05, 4.69) is 6.92 Å². The lowest BCUT2D eigenvalue weighted by Crippen LogP contribution is -2.22. The minimum Gasteiger partial charge on any atom is -0.481 e. The highest BCUT2D eigenvalue weighted by atomic mass is 16.7. The van der Waals surface area contributed by atoms with Crippen LogP contribution in [-0.4, -0.2) is 37.1 Å². The van der Waals surface area contributed by atoms with Crippen LogP contribution in [0.3, 0.4) is 0 Å². The van der Waals surface area contributed by atoms with Crippen molar-refractivity contribution in [3.63, 3.8) is 0 Å². The molecule has 1 atom stereocenters. The predicted octanol–water partition coefficient (Wildman–Crippen LogP) is 3.31. The first-order valence-electron chi connectivity index (χ1n) is 8.35. The zero-order valence-electron chi connectivity index (χ0n) is 13.5. The Bertz CT molecular complexity index is 236. The molecular weight excluding hydrogens is 270 g/mol. The Morgan fingerprint density at radius 2 is 1.57 bits per heavy atom. The van der Waals surface area contributed by atoms with Crippen LogP contribution in [-0.2, 0) is 14.3 Å². The van der Waals surface area contributed by atoms with Gasteiger partial charge in [0.25, 0.3) is 0 Å². The molecule has 0 heterocycles.